The smallest absolute Gasteiger partial charge is 0.161 e. The molecule has 2 aromatic carbocycles. The molecule has 2 N–H and O–H groups in total. The number of pyridine rings is 1. The molecule has 0 saturated carbocycles. The van der Waals surface area contributed by atoms with E-state index in [0.29, 0.717) is 5.75 Å². The largest absolute Gasteiger partial charge is 0.504 e. The van der Waals surface area contributed by atoms with Crippen LogP contribution in [0.5, 0.6) is 17.2 Å². The molecule has 2 aromatic heterocycles. The number of anilines is 2. The molecule has 0 amide bonds. The summed E-state index contributed by atoms with van der Waals surface area (Å²) in [5.41, 5.74) is 3.28. The van der Waals surface area contributed by atoms with Crippen LogP contribution in [0.15, 0.2) is 66.9 Å². The van der Waals surface area contributed by atoms with Crippen LogP contribution in [0.1, 0.15) is 0 Å². The van der Waals surface area contributed by atoms with Crippen molar-refractivity contribution in [3.05, 3.63) is 66.9 Å². The van der Waals surface area contributed by atoms with Gasteiger partial charge in [0.2, 0.25) is 0 Å². The molecule has 6 nitrogen and oxygen atoms in total. The maximum atomic E-state index is 9.90. The van der Waals surface area contributed by atoms with Gasteiger partial charge in [0.05, 0.1) is 14.2 Å². The molecule has 0 saturated heterocycles. The topological polar surface area (TPSA) is 68.0 Å². The van der Waals surface area contributed by atoms with Gasteiger partial charge in [-0.25, -0.2) is 4.98 Å². The summed E-state index contributed by atoms with van der Waals surface area (Å²) >= 11 is 0. The molecule has 0 aliphatic heterocycles. The van der Waals surface area contributed by atoms with Crippen molar-refractivity contribution in [3.8, 4) is 28.5 Å². The Morgan fingerprint density at radius 3 is 2.67 bits per heavy atom. The number of hydrogen-bond donors (Lipinski definition) is 2. The summed E-state index contributed by atoms with van der Waals surface area (Å²) < 4.78 is 12.5. The highest BCUT2D eigenvalue weighted by molar-refractivity contribution is 5.81. The van der Waals surface area contributed by atoms with Crippen molar-refractivity contribution >= 4 is 17.2 Å². The molecular weight excluding hydrogens is 342 g/mol. The summed E-state index contributed by atoms with van der Waals surface area (Å²) in [6.07, 6.45) is 1.95. The van der Waals surface area contributed by atoms with Gasteiger partial charge in [-0.15, -0.1) is 0 Å². The number of aromatic nitrogens is 2. The van der Waals surface area contributed by atoms with Gasteiger partial charge in [0, 0.05) is 23.5 Å². The third-order valence-corrected chi connectivity index (χ3v) is 4.32. The van der Waals surface area contributed by atoms with E-state index in [1.807, 2.05) is 59.1 Å². The number of rotatable bonds is 5. The highest BCUT2D eigenvalue weighted by Crippen LogP contribution is 2.36. The summed E-state index contributed by atoms with van der Waals surface area (Å²) in [5.74, 6) is 2.07. The monoisotopic (exact) mass is 361 g/mol. The van der Waals surface area contributed by atoms with Crippen LogP contribution in [0.3, 0.4) is 0 Å². The van der Waals surface area contributed by atoms with Crippen LogP contribution in [0.25, 0.3) is 16.9 Å². The zero-order valence-electron chi connectivity index (χ0n) is 15.0. The van der Waals surface area contributed by atoms with Crippen molar-refractivity contribution < 1.29 is 14.6 Å². The van der Waals surface area contributed by atoms with Crippen LogP contribution in [0, 0.1) is 0 Å². The summed E-state index contributed by atoms with van der Waals surface area (Å²) in [6.45, 7) is 0. The number of phenolic OH excluding ortho intramolecular Hbond substituents is 1. The van der Waals surface area contributed by atoms with E-state index < -0.39 is 0 Å². The van der Waals surface area contributed by atoms with Gasteiger partial charge in [0.1, 0.15) is 22.9 Å². The minimum atomic E-state index is 0.0901. The number of phenols is 1. The Kier molecular flexibility index (Phi) is 4.30. The van der Waals surface area contributed by atoms with Crippen molar-refractivity contribution in [3.63, 3.8) is 0 Å². The Balaban J connectivity index is 1.87. The fraction of sp³-hybridized carbons (Fsp3) is 0.0952. The average Bonchev–Trinajstić information content (AvgIpc) is 3.07. The molecule has 0 aliphatic carbocycles. The van der Waals surface area contributed by atoms with Crippen LogP contribution in [0.4, 0.5) is 11.5 Å². The van der Waals surface area contributed by atoms with Crippen LogP contribution in [-0.2, 0) is 0 Å². The van der Waals surface area contributed by atoms with Crippen LogP contribution in [-0.4, -0.2) is 28.7 Å². The number of nitrogens with one attached hydrogen (secondary N) is 1. The Bertz CT molecular complexity index is 1100. The second-order valence-electron chi connectivity index (χ2n) is 5.98. The minimum absolute atomic E-state index is 0.0901. The molecule has 0 aliphatic rings. The zero-order chi connectivity index (χ0) is 18.8. The molecule has 0 atom stereocenters. The Morgan fingerprint density at radius 2 is 1.85 bits per heavy atom. The number of nitrogens with zero attached hydrogens (tertiary/aromatic N) is 2. The first-order valence-corrected chi connectivity index (χ1v) is 8.45. The van der Waals surface area contributed by atoms with Crippen molar-refractivity contribution in [2.45, 2.75) is 0 Å². The van der Waals surface area contributed by atoms with Gasteiger partial charge in [-0.3, -0.25) is 4.40 Å². The molecule has 0 radical (unpaired) electrons. The molecule has 0 bridgehead atoms. The van der Waals surface area contributed by atoms with Crippen LogP contribution >= 0.6 is 0 Å². The van der Waals surface area contributed by atoms with E-state index in [9.17, 15) is 5.11 Å². The van der Waals surface area contributed by atoms with Gasteiger partial charge >= 0.3 is 0 Å². The van der Waals surface area contributed by atoms with E-state index in [1.165, 1.54) is 7.11 Å². The predicted molar refractivity (Wildman–Crippen MR) is 105 cm³/mol. The van der Waals surface area contributed by atoms with E-state index >= 15 is 0 Å². The van der Waals surface area contributed by atoms with E-state index in [4.69, 9.17) is 14.5 Å². The summed E-state index contributed by atoms with van der Waals surface area (Å²) in [5, 5.41) is 13.3. The lowest BCUT2D eigenvalue weighted by atomic mass is 10.1. The normalized spacial score (nSPS) is 10.7. The number of imidazole rings is 1. The Labute approximate surface area is 156 Å². The standard InChI is InChI=1S/C21H19N3O3/c1-26-16-7-5-6-15(13-16)22-21-20(23-19-8-3-4-11-24(19)21)14-9-10-17(25)18(12-14)27-2/h3-13,22,25H,1-2H3. The lowest BCUT2D eigenvalue weighted by molar-refractivity contribution is 0.373. The van der Waals surface area contributed by atoms with Gasteiger partial charge in [0.15, 0.2) is 11.5 Å². The summed E-state index contributed by atoms with van der Waals surface area (Å²) in [7, 11) is 3.17. The summed E-state index contributed by atoms with van der Waals surface area (Å²) in [6, 6.07) is 18.7. The van der Waals surface area contributed by atoms with Crippen LogP contribution < -0.4 is 14.8 Å². The first kappa shape index (κ1) is 16.8. The molecular formula is C21H19N3O3. The molecule has 0 spiro atoms. The van der Waals surface area contributed by atoms with Crippen molar-refractivity contribution in [2.24, 2.45) is 0 Å². The van der Waals surface area contributed by atoms with E-state index in [2.05, 4.69) is 5.32 Å². The highest BCUT2D eigenvalue weighted by atomic mass is 16.5. The molecule has 6 heteroatoms. The number of fused-ring (bicyclic) bond motifs is 1. The molecule has 0 unspecified atom stereocenters. The number of hydrogen-bond acceptors (Lipinski definition) is 5. The zero-order valence-corrected chi connectivity index (χ0v) is 15.0. The van der Waals surface area contributed by atoms with Gasteiger partial charge in [-0.05, 0) is 42.5 Å². The highest BCUT2D eigenvalue weighted by Gasteiger charge is 2.16. The number of methoxy groups -OCH3 is 2. The molecule has 4 rings (SSSR count). The number of benzene rings is 2. The van der Waals surface area contributed by atoms with E-state index in [0.717, 1.165) is 34.2 Å². The fourth-order valence-electron chi connectivity index (χ4n) is 2.98. The SMILES string of the molecule is COc1cccc(Nc2c(-c3ccc(O)c(OC)c3)nc3ccccn23)c1. The number of aromatic hydroxyl groups is 1. The predicted octanol–water partition coefficient (Wildman–Crippen LogP) is 4.47. The second kappa shape index (κ2) is 6.92. The third-order valence-electron chi connectivity index (χ3n) is 4.32. The first-order chi connectivity index (χ1) is 13.2. The van der Waals surface area contributed by atoms with Gasteiger partial charge in [-0.1, -0.05) is 12.1 Å². The number of ether oxygens (including phenoxy) is 2. The molecule has 0 fully saturated rings. The second-order valence-corrected chi connectivity index (χ2v) is 5.98. The van der Waals surface area contributed by atoms with Gasteiger partial charge in [0.25, 0.3) is 0 Å². The molecule has 136 valence electrons. The van der Waals surface area contributed by atoms with Crippen molar-refractivity contribution in [2.75, 3.05) is 19.5 Å². The molecule has 2 heterocycles. The van der Waals surface area contributed by atoms with Crippen LogP contribution in [0.2, 0.25) is 0 Å². The van der Waals surface area contributed by atoms with E-state index in [-0.39, 0.29) is 5.75 Å². The molecule has 4 aromatic rings. The maximum absolute atomic E-state index is 9.90. The van der Waals surface area contributed by atoms with Gasteiger partial charge < -0.3 is 19.9 Å². The first-order valence-electron chi connectivity index (χ1n) is 8.45. The lowest BCUT2D eigenvalue weighted by Gasteiger charge is -2.11. The quantitative estimate of drug-likeness (QED) is 0.549. The average molecular weight is 361 g/mol. The van der Waals surface area contributed by atoms with Gasteiger partial charge in [-0.2, -0.15) is 0 Å². The van der Waals surface area contributed by atoms with Crippen molar-refractivity contribution in [1.29, 1.82) is 0 Å². The Hall–Kier alpha value is -3.67. The van der Waals surface area contributed by atoms with Crippen molar-refractivity contribution in [1.82, 2.24) is 9.38 Å². The fourth-order valence-corrected chi connectivity index (χ4v) is 2.98. The molecule has 27 heavy (non-hydrogen) atoms. The summed E-state index contributed by atoms with van der Waals surface area (Å²) in [4.78, 5) is 4.76. The third kappa shape index (κ3) is 3.13. The minimum Gasteiger partial charge on any atom is -0.504 e. The maximum Gasteiger partial charge on any atom is 0.161 e. The van der Waals surface area contributed by atoms with E-state index in [1.54, 1.807) is 19.2 Å². The lowest BCUT2D eigenvalue weighted by Crippen LogP contribution is -1.97. The Morgan fingerprint density at radius 1 is 0.963 bits per heavy atom.